The second kappa shape index (κ2) is 17.2. The van der Waals surface area contributed by atoms with Crippen molar-refractivity contribution in [2.45, 2.75) is 109 Å². The van der Waals surface area contributed by atoms with Crippen LogP contribution in [0.1, 0.15) is 90.7 Å². The Morgan fingerprint density at radius 1 is 1.09 bits per heavy atom. The van der Waals surface area contributed by atoms with Gasteiger partial charge in [0.05, 0.1) is 42.2 Å². The van der Waals surface area contributed by atoms with Crippen LogP contribution in [0.15, 0.2) is 61.7 Å². The number of nitrogens with zero attached hydrogens (tertiary/aromatic N) is 3. The van der Waals surface area contributed by atoms with Gasteiger partial charge in [-0.15, -0.1) is 6.58 Å². The molecule has 54 heavy (non-hydrogen) atoms. The number of benzene rings is 1. The molecule has 2 aromatic rings. The molecule has 292 valence electrons. The van der Waals surface area contributed by atoms with Crippen LogP contribution in [0.4, 0.5) is 13.6 Å². The van der Waals surface area contributed by atoms with Crippen LogP contribution in [0.5, 0.6) is 5.88 Å². The van der Waals surface area contributed by atoms with Gasteiger partial charge in [-0.3, -0.25) is 14.4 Å². The predicted octanol–water partition coefficient (Wildman–Crippen LogP) is 7.39. The van der Waals surface area contributed by atoms with Gasteiger partial charge < -0.3 is 24.4 Å². The Labute approximate surface area is 315 Å². The SMILES string of the molecule is C=CCCC(C)(C)COC(=O)N[C@H]1CCCCC/C=C\[C@H]2C[C@@]2(C(=O)OCC)CC(=O)[C@@H]2C[C@@H](Oc3nc4ccccc4nc3C(F)(F)C=C)CN2C1=O. The highest BCUT2D eigenvalue weighted by atomic mass is 19.3. The van der Waals surface area contributed by atoms with Crippen molar-refractivity contribution in [2.75, 3.05) is 19.8 Å². The van der Waals surface area contributed by atoms with Gasteiger partial charge in [-0.05, 0) is 75.0 Å². The van der Waals surface area contributed by atoms with Crippen molar-refractivity contribution < 1.29 is 42.2 Å². The standard InChI is InChI=1S/C41H52F2N4O7/c1-6-9-21-39(4,5)26-53-38(51)46-31-20-14-12-10-11-13-17-27-23-40(27,37(50)52-8-3)24-33(48)32-22-28(25-47(32)36(31)49)54-35-34(41(42,43)7-2)44-29-18-15-16-19-30(29)45-35/h6-7,13,15-19,27-28,31-32H,1-2,8-12,14,20-26H2,3-5H3,(H,46,51)/b17-13-/t27-,28+,31-,32-,40+/m0/s1. The zero-order valence-corrected chi connectivity index (χ0v) is 31.5. The van der Waals surface area contributed by atoms with Gasteiger partial charge in [0, 0.05) is 12.8 Å². The van der Waals surface area contributed by atoms with Crippen LogP contribution < -0.4 is 10.1 Å². The molecule has 1 N–H and O–H groups in total. The van der Waals surface area contributed by atoms with Crippen molar-refractivity contribution in [2.24, 2.45) is 16.7 Å². The van der Waals surface area contributed by atoms with Crippen LogP contribution in [0.25, 0.3) is 11.0 Å². The normalized spacial score (nSPS) is 25.7. The number of ketones is 1. The van der Waals surface area contributed by atoms with Gasteiger partial charge in [0.25, 0.3) is 0 Å². The Morgan fingerprint density at radius 3 is 2.54 bits per heavy atom. The number of aromatic nitrogens is 2. The number of fused-ring (bicyclic) bond motifs is 3. The molecule has 5 rings (SSSR count). The molecule has 2 amide bonds. The molecule has 1 saturated carbocycles. The van der Waals surface area contributed by atoms with Gasteiger partial charge in [0.15, 0.2) is 11.5 Å². The van der Waals surface area contributed by atoms with E-state index in [1.54, 1.807) is 37.3 Å². The van der Waals surface area contributed by atoms with E-state index in [0.29, 0.717) is 24.4 Å². The van der Waals surface area contributed by atoms with Gasteiger partial charge in [-0.2, -0.15) is 8.78 Å². The number of carbonyl (C=O) groups is 4. The van der Waals surface area contributed by atoms with Crippen molar-refractivity contribution in [3.63, 3.8) is 0 Å². The Hall–Kier alpha value is -4.68. The molecule has 3 aliphatic rings. The fourth-order valence-electron chi connectivity index (χ4n) is 7.28. The van der Waals surface area contributed by atoms with Crippen LogP contribution in [0, 0.1) is 16.7 Å². The number of esters is 1. The molecule has 1 aromatic carbocycles. The molecule has 0 spiro atoms. The fraction of sp³-hybridized carbons (Fsp3) is 0.561. The molecule has 0 unspecified atom stereocenters. The second-order valence-electron chi connectivity index (χ2n) is 15.3. The van der Waals surface area contributed by atoms with Crippen molar-refractivity contribution in [3.05, 3.63) is 67.4 Å². The van der Waals surface area contributed by atoms with E-state index in [-0.39, 0.29) is 61.7 Å². The van der Waals surface area contributed by atoms with E-state index in [2.05, 4.69) is 28.4 Å². The summed E-state index contributed by atoms with van der Waals surface area (Å²) < 4.78 is 47.6. The number of halogens is 2. The number of para-hydroxylation sites is 2. The summed E-state index contributed by atoms with van der Waals surface area (Å²) >= 11 is 0. The van der Waals surface area contributed by atoms with Gasteiger partial charge in [-0.1, -0.05) is 63.6 Å². The molecule has 11 nitrogen and oxygen atoms in total. The van der Waals surface area contributed by atoms with E-state index in [0.717, 1.165) is 32.1 Å². The largest absolute Gasteiger partial charge is 0.471 e. The summed E-state index contributed by atoms with van der Waals surface area (Å²) in [5, 5.41) is 2.75. The molecular formula is C41H52F2N4O7. The smallest absolute Gasteiger partial charge is 0.407 e. The number of Topliss-reactive ketones (excluding diaryl/α,β-unsaturated/α-hetero) is 1. The first-order valence-corrected chi connectivity index (χ1v) is 18.9. The zero-order chi connectivity index (χ0) is 39.1. The van der Waals surface area contributed by atoms with Crippen LogP contribution >= 0.6 is 0 Å². The number of hydrogen-bond donors (Lipinski definition) is 1. The summed E-state index contributed by atoms with van der Waals surface area (Å²) in [5.41, 5.74) is -1.60. The van der Waals surface area contributed by atoms with Crippen molar-refractivity contribution in [1.82, 2.24) is 20.2 Å². The number of amides is 2. The number of carbonyl (C=O) groups excluding carboxylic acids is 4. The number of rotatable bonds is 12. The highest BCUT2D eigenvalue weighted by molar-refractivity contribution is 5.96. The first kappa shape index (κ1) is 40.5. The third-order valence-electron chi connectivity index (χ3n) is 10.6. The van der Waals surface area contributed by atoms with E-state index in [1.807, 2.05) is 26.0 Å². The Bertz CT molecular complexity index is 1760. The van der Waals surface area contributed by atoms with E-state index < -0.39 is 59.1 Å². The lowest BCUT2D eigenvalue weighted by Crippen LogP contribution is -2.52. The van der Waals surface area contributed by atoms with E-state index >= 15 is 8.78 Å². The van der Waals surface area contributed by atoms with E-state index in [1.165, 1.54) is 4.90 Å². The number of allylic oxidation sites excluding steroid dienone is 4. The third kappa shape index (κ3) is 9.51. The molecule has 0 bridgehead atoms. The summed E-state index contributed by atoms with van der Waals surface area (Å²) in [4.78, 5) is 65.2. The number of nitrogens with one attached hydrogen (secondary N) is 1. The molecule has 3 heterocycles. The molecule has 1 saturated heterocycles. The minimum atomic E-state index is -3.60. The number of ether oxygens (including phenoxy) is 3. The Morgan fingerprint density at radius 2 is 1.83 bits per heavy atom. The lowest BCUT2D eigenvalue weighted by Gasteiger charge is -2.29. The van der Waals surface area contributed by atoms with Gasteiger partial charge in [0.1, 0.15) is 12.1 Å². The fourth-order valence-corrected chi connectivity index (χ4v) is 7.28. The molecular weight excluding hydrogens is 698 g/mol. The number of alkyl carbamates (subject to hydrolysis) is 1. The summed E-state index contributed by atoms with van der Waals surface area (Å²) in [6.07, 6.45) is 9.44. The molecule has 5 atom stereocenters. The van der Waals surface area contributed by atoms with Crippen molar-refractivity contribution >= 4 is 34.8 Å². The summed E-state index contributed by atoms with van der Waals surface area (Å²) in [6, 6.07) is 4.38. The Balaban J connectivity index is 1.46. The maximum atomic E-state index is 15.2. The molecule has 1 aliphatic carbocycles. The maximum Gasteiger partial charge on any atom is 0.407 e. The zero-order valence-electron chi connectivity index (χ0n) is 31.5. The van der Waals surface area contributed by atoms with E-state index in [9.17, 15) is 19.2 Å². The summed E-state index contributed by atoms with van der Waals surface area (Å²) in [5.74, 6) is -5.63. The minimum Gasteiger partial charge on any atom is -0.471 e. The monoisotopic (exact) mass is 750 g/mol. The first-order chi connectivity index (χ1) is 25.7. The van der Waals surface area contributed by atoms with Crippen molar-refractivity contribution in [3.8, 4) is 5.88 Å². The lowest BCUT2D eigenvalue weighted by atomic mass is 9.89. The quantitative estimate of drug-likeness (QED) is 0.174. The average molecular weight is 751 g/mol. The molecule has 2 aliphatic heterocycles. The second-order valence-corrected chi connectivity index (χ2v) is 15.3. The molecule has 2 fully saturated rings. The van der Waals surface area contributed by atoms with E-state index in [4.69, 9.17) is 14.2 Å². The van der Waals surface area contributed by atoms with Gasteiger partial charge >= 0.3 is 18.0 Å². The van der Waals surface area contributed by atoms with Gasteiger partial charge in [-0.25, -0.2) is 14.8 Å². The van der Waals surface area contributed by atoms with Crippen LogP contribution in [0.2, 0.25) is 0 Å². The minimum absolute atomic E-state index is 0.0632. The first-order valence-electron chi connectivity index (χ1n) is 18.9. The summed E-state index contributed by atoms with van der Waals surface area (Å²) in [7, 11) is 0. The lowest BCUT2D eigenvalue weighted by molar-refractivity contribution is -0.152. The van der Waals surface area contributed by atoms with Crippen molar-refractivity contribution in [1.29, 1.82) is 0 Å². The number of hydrogen-bond acceptors (Lipinski definition) is 9. The summed E-state index contributed by atoms with van der Waals surface area (Å²) in [6.45, 7) is 12.8. The van der Waals surface area contributed by atoms with Crippen LogP contribution in [-0.2, 0) is 29.8 Å². The molecule has 1 aromatic heterocycles. The third-order valence-corrected chi connectivity index (χ3v) is 10.6. The average Bonchev–Trinajstić information content (AvgIpc) is 3.68. The topological polar surface area (TPSA) is 137 Å². The Kier molecular flexibility index (Phi) is 12.9. The van der Waals surface area contributed by atoms with Gasteiger partial charge in [0.2, 0.25) is 11.8 Å². The highest BCUT2D eigenvalue weighted by Crippen LogP contribution is 2.57. The van der Waals surface area contributed by atoms with Crippen LogP contribution in [0.3, 0.4) is 0 Å². The number of alkyl halides is 2. The molecule has 13 heteroatoms. The predicted molar refractivity (Wildman–Crippen MR) is 199 cm³/mol. The maximum absolute atomic E-state index is 15.2. The van der Waals surface area contributed by atoms with Crippen LogP contribution in [-0.4, -0.2) is 76.6 Å². The molecule has 0 radical (unpaired) electrons. The highest BCUT2D eigenvalue weighted by Gasteiger charge is 2.61.